The van der Waals surface area contributed by atoms with Crippen molar-refractivity contribution in [2.45, 2.75) is 44.5 Å². The molecular weight excluding hydrogens is 160 g/mol. The van der Waals surface area contributed by atoms with Crippen LogP contribution in [0.25, 0.3) is 0 Å². The summed E-state index contributed by atoms with van der Waals surface area (Å²) in [7, 11) is 0. The molecule has 0 unspecified atom stereocenters. The number of ether oxygens (including phenoxy) is 1. The van der Waals surface area contributed by atoms with Crippen LogP contribution in [0.15, 0.2) is 0 Å². The smallest absolute Gasteiger partial charge is 0.305 e. The van der Waals surface area contributed by atoms with Crippen LogP contribution in [0.3, 0.4) is 0 Å². The van der Waals surface area contributed by atoms with Gasteiger partial charge in [-0.2, -0.15) is 0 Å². The predicted molar refractivity (Wildman–Crippen MR) is 41.8 cm³/mol. The molecule has 0 aromatic heterocycles. The van der Waals surface area contributed by atoms with Crippen molar-refractivity contribution in [3.8, 4) is 0 Å². The average Bonchev–Trinajstić information content (AvgIpc) is 1.81. The minimum absolute atomic E-state index is 0.0125. The van der Waals surface area contributed by atoms with Gasteiger partial charge in [-0.3, -0.25) is 4.79 Å². The Morgan fingerprint density at radius 2 is 2.25 bits per heavy atom. The maximum atomic E-state index is 10.3. The van der Waals surface area contributed by atoms with Crippen molar-refractivity contribution in [3.63, 3.8) is 0 Å². The van der Waals surface area contributed by atoms with E-state index in [0.29, 0.717) is 12.8 Å². The van der Waals surface area contributed by atoms with Crippen LogP contribution < -0.4 is 0 Å². The quantitative estimate of drug-likeness (QED) is 0.635. The van der Waals surface area contributed by atoms with Crippen LogP contribution >= 0.6 is 0 Å². The number of hydrogen-bond donors (Lipinski definition) is 2. The van der Waals surface area contributed by atoms with Crippen LogP contribution in [0.5, 0.6) is 0 Å². The molecule has 1 aliphatic rings. The first kappa shape index (κ1) is 9.48. The number of carboxylic acid groups (broad SMARTS) is 1. The lowest BCUT2D eigenvalue weighted by Crippen LogP contribution is -2.35. The standard InChI is InChI=1S/C8H14O4/c1-5-2-6(9)3-7(12-5)4-8(10)11/h5-7,9H,2-4H2,1H3,(H,10,11)/t5-,6-,7+/m1/s1. The van der Waals surface area contributed by atoms with E-state index in [9.17, 15) is 9.90 Å². The lowest BCUT2D eigenvalue weighted by Gasteiger charge is -2.30. The molecule has 12 heavy (non-hydrogen) atoms. The summed E-state index contributed by atoms with van der Waals surface area (Å²) in [5.74, 6) is -0.874. The fraction of sp³-hybridized carbons (Fsp3) is 0.875. The van der Waals surface area contributed by atoms with Gasteiger partial charge >= 0.3 is 5.97 Å². The van der Waals surface area contributed by atoms with Crippen LogP contribution in [0, 0.1) is 0 Å². The minimum atomic E-state index is -0.874. The van der Waals surface area contributed by atoms with Gasteiger partial charge in [0.15, 0.2) is 0 Å². The van der Waals surface area contributed by atoms with Gasteiger partial charge in [-0.05, 0) is 13.3 Å². The van der Waals surface area contributed by atoms with Crippen molar-refractivity contribution in [2.24, 2.45) is 0 Å². The fourth-order valence-corrected chi connectivity index (χ4v) is 1.55. The number of aliphatic hydroxyl groups is 1. The van der Waals surface area contributed by atoms with Gasteiger partial charge in [-0.15, -0.1) is 0 Å². The zero-order valence-electron chi connectivity index (χ0n) is 7.06. The molecule has 0 amide bonds. The summed E-state index contributed by atoms with van der Waals surface area (Å²) < 4.78 is 5.33. The lowest BCUT2D eigenvalue weighted by atomic mass is 10.00. The Hall–Kier alpha value is -0.610. The lowest BCUT2D eigenvalue weighted by molar-refractivity contribution is -0.145. The summed E-state index contributed by atoms with van der Waals surface area (Å²) in [5, 5.41) is 17.8. The molecule has 0 spiro atoms. The largest absolute Gasteiger partial charge is 0.481 e. The summed E-state index contributed by atoms with van der Waals surface area (Å²) in [5.41, 5.74) is 0. The highest BCUT2D eigenvalue weighted by Gasteiger charge is 2.26. The molecular formula is C8H14O4. The van der Waals surface area contributed by atoms with Crippen molar-refractivity contribution >= 4 is 5.97 Å². The highest BCUT2D eigenvalue weighted by molar-refractivity contribution is 5.67. The van der Waals surface area contributed by atoms with Crippen LogP contribution in [-0.4, -0.2) is 34.5 Å². The summed E-state index contributed by atoms with van der Waals surface area (Å²) in [4.78, 5) is 10.3. The van der Waals surface area contributed by atoms with Gasteiger partial charge < -0.3 is 14.9 Å². The van der Waals surface area contributed by atoms with Gasteiger partial charge in [-0.1, -0.05) is 0 Å². The van der Waals surface area contributed by atoms with E-state index in [1.165, 1.54) is 0 Å². The first-order chi connectivity index (χ1) is 5.58. The highest BCUT2D eigenvalue weighted by Crippen LogP contribution is 2.21. The van der Waals surface area contributed by atoms with Gasteiger partial charge in [0, 0.05) is 6.42 Å². The third kappa shape index (κ3) is 2.79. The molecule has 1 heterocycles. The normalized spacial score (nSPS) is 36.3. The predicted octanol–water partition coefficient (Wildman–Crippen LogP) is 0.389. The Bertz CT molecular complexity index is 158. The second kappa shape index (κ2) is 3.87. The van der Waals surface area contributed by atoms with Crippen molar-refractivity contribution in [2.75, 3.05) is 0 Å². The molecule has 1 fully saturated rings. The van der Waals surface area contributed by atoms with Crippen LogP contribution in [0.4, 0.5) is 0 Å². The molecule has 0 saturated carbocycles. The van der Waals surface area contributed by atoms with Crippen molar-refractivity contribution in [1.82, 2.24) is 0 Å². The first-order valence-electron chi connectivity index (χ1n) is 4.13. The Balaban J connectivity index is 2.38. The van der Waals surface area contributed by atoms with Crippen molar-refractivity contribution in [1.29, 1.82) is 0 Å². The van der Waals surface area contributed by atoms with Crippen LogP contribution in [0.1, 0.15) is 26.2 Å². The zero-order chi connectivity index (χ0) is 9.14. The van der Waals surface area contributed by atoms with E-state index in [2.05, 4.69) is 0 Å². The molecule has 0 aromatic carbocycles. The number of carboxylic acids is 1. The maximum Gasteiger partial charge on any atom is 0.305 e. The zero-order valence-corrected chi connectivity index (χ0v) is 7.06. The molecule has 1 rings (SSSR count). The number of carbonyl (C=O) groups is 1. The molecule has 1 aliphatic heterocycles. The van der Waals surface area contributed by atoms with E-state index in [1.54, 1.807) is 0 Å². The summed E-state index contributed by atoms with van der Waals surface area (Å²) in [6, 6.07) is 0. The van der Waals surface area contributed by atoms with Gasteiger partial charge in [0.1, 0.15) is 0 Å². The van der Waals surface area contributed by atoms with Crippen molar-refractivity contribution in [3.05, 3.63) is 0 Å². The maximum absolute atomic E-state index is 10.3. The second-order valence-electron chi connectivity index (χ2n) is 3.29. The van der Waals surface area contributed by atoms with Gasteiger partial charge in [0.05, 0.1) is 24.7 Å². The third-order valence-electron chi connectivity index (χ3n) is 1.97. The number of aliphatic carboxylic acids is 1. The van der Waals surface area contributed by atoms with Crippen molar-refractivity contribution < 1.29 is 19.7 Å². The highest BCUT2D eigenvalue weighted by atomic mass is 16.5. The van der Waals surface area contributed by atoms with Gasteiger partial charge in [0.2, 0.25) is 0 Å². The second-order valence-corrected chi connectivity index (χ2v) is 3.29. The minimum Gasteiger partial charge on any atom is -0.481 e. The molecule has 4 heteroatoms. The van der Waals surface area contributed by atoms with Crippen LogP contribution in [0.2, 0.25) is 0 Å². The monoisotopic (exact) mass is 174 g/mol. The summed E-state index contributed by atoms with van der Waals surface area (Å²) >= 11 is 0. The number of rotatable bonds is 2. The van der Waals surface area contributed by atoms with Gasteiger partial charge in [0.25, 0.3) is 0 Å². The van der Waals surface area contributed by atoms with E-state index < -0.39 is 12.1 Å². The number of hydrogen-bond acceptors (Lipinski definition) is 3. The number of aliphatic hydroxyl groups excluding tert-OH is 1. The fourth-order valence-electron chi connectivity index (χ4n) is 1.55. The van der Waals surface area contributed by atoms with Gasteiger partial charge in [-0.25, -0.2) is 0 Å². The average molecular weight is 174 g/mol. The molecule has 0 radical (unpaired) electrons. The molecule has 3 atom stereocenters. The molecule has 1 saturated heterocycles. The van der Waals surface area contributed by atoms with E-state index >= 15 is 0 Å². The molecule has 0 bridgehead atoms. The Kier molecular flexibility index (Phi) is 3.05. The topological polar surface area (TPSA) is 66.8 Å². The van der Waals surface area contributed by atoms with E-state index in [1.807, 2.05) is 6.92 Å². The molecule has 0 aromatic rings. The summed E-state index contributed by atoms with van der Waals surface area (Å²) in [6.45, 7) is 1.84. The Labute approximate surface area is 71.2 Å². The summed E-state index contributed by atoms with van der Waals surface area (Å²) in [6.07, 6.45) is 0.284. The van der Waals surface area contributed by atoms with E-state index in [-0.39, 0.29) is 18.6 Å². The molecule has 0 aliphatic carbocycles. The van der Waals surface area contributed by atoms with E-state index in [0.717, 1.165) is 0 Å². The Morgan fingerprint density at radius 3 is 2.75 bits per heavy atom. The van der Waals surface area contributed by atoms with Crippen LogP contribution in [-0.2, 0) is 9.53 Å². The molecule has 2 N–H and O–H groups in total. The van der Waals surface area contributed by atoms with E-state index in [4.69, 9.17) is 9.84 Å². The SMILES string of the molecule is C[C@@H]1C[C@@H](O)C[C@@H](CC(=O)O)O1. The Morgan fingerprint density at radius 1 is 1.58 bits per heavy atom. The molecule has 70 valence electrons. The molecule has 4 nitrogen and oxygen atoms in total. The first-order valence-corrected chi connectivity index (χ1v) is 4.13. The third-order valence-corrected chi connectivity index (χ3v) is 1.97.